The highest BCUT2D eigenvalue weighted by atomic mass is 16.3. The average Bonchev–Trinajstić information content (AvgIpc) is 2.04. The number of rotatable bonds is 0. The summed E-state index contributed by atoms with van der Waals surface area (Å²) in [6.45, 7) is 3.42. The fourth-order valence-electron chi connectivity index (χ4n) is 1.57. The molecule has 2 N–H and O–H groups in total. The molecule has 0 amide bonds. The van der Waals surface area contributed by atoms with Gasteiger partial charge >= 0.3 is 0 Å². The van der Waals surface area contributed by atoms with E-state index in [1.165, 1.54) is 5.56 Å². The SMILES string of the molecule is Cc1ccc[n+]2c1NC[C@@H](O)C2. The van der Waals surface area contributed by atoms with Gasteiger partial charge in [-0.2, -0.15) is 0 Å². The summed E-state index contributed by atoms with van der Waals surface area (Å²) in [5, 5.41) is 12.6. The van der Waals surface area contributed by atoms with E-state index in [2.05, 4.69) is 18.3 Å². The van der Waals surface area contributed by atoms with E-state index in [9.17, 15) is 5.11 Å². The number of pyridine rings is 1. The molecule has 0 saturated carbocycles. The third-order valence-electron chi connectivity index (χ3n) is 2.19. The molecule has 0 aliphatic carbocycles. The van der Waals surface area contributed by atoms with Gasteiger partial charge in [0.05, 0.1) is 6.20 Å². The zero-order valence-corrected chi connectivity index (χ0v) is 7.12. The highest BCUT2D eigenvalue weighted by Crippen LogP contribution is 2.10. The number of anilines is 1. The van der Waals surface area contributed by atoms with Crippen LogP contribution in [0.3, 0.4) is 0 Å². The minimum absolute atomic E-state index is 0.260. The molecule has 1 atom stereocenters. The summed E-state index contributed by atoms with van der Waals surface area (Å²) < 4.78 is 2.05. The number of β-amino-alcohol motifs (C(OH)–C–C–N with tert-alkyl or cyclic N) is 1. The molecule has 2 rings (SSSR count). The molecule has 2 heterocycles. The van der Waals surface area contributed by atoms with Crippen LogP contribution in [0.5, 0.6) is 0 Å². The Labute approximate surface area is 71.7 Å². The van der Waals surface area contributed by atoms with Gasteiger partial charge in [-0.3, -0.25) is 5.32 Å². The number of fused-ring (bicyclic) bond motifs is 1. The van der Waals surface area contributed by atoms with Crippen LogP contribution in [0.2, 0.25) is 0 Å². The maximum Gasteiger partial charge on any atom is 0.277 e. The van der Waals surface area contributed by atoms with Gasteiger partial charge in [0.2, 0.25) is 0 Å². The lowest BCUT2D eigenvalue weighted by Crippen LogP contribution is -2.49. The van der Waals surface area contributed by atoms with E-state index in [1.807, 2.05) is 16.8 Å². The highest BCUT2D eigenvalue weighted by Gasteiger charge is 2.22. The van der Waals surface area contributed by atoms with Crippen molar-refractivity contribution in [3.05, 3.63) is 23.9 Å². The van der Waals surface area contributed by atoms with Crippen molar-refractivity contribution in [2.24, 2.45) is 0 Å². The molecule has 0 bridgehead atoms. The number of nitrogens with zero attached hydrogens (tertiary/aromatic N) is 1. The molecule has 0 unspecified atom stereocenters. The molecule has 1 aromatic rings. The molecule has 0 radical (unpaired) electrons. The molecule has 12 heavy (non-hydrogen) atoms. The molecule has 0 spiro atoms. The molecule has 1 aliphatic rings. The molecule has 1 aliphatic heterocycles. The number of aliphatic hydroxyl groups excluding tert-OH is 1. The summed E-state index contributed by atoms with van der Waals surface area (Å²) in [6, 6.07) is 4.06. The molecule has 0 aromatic carbocycles. The van der Waals surface area contributed by atoms with Crippen molar-refractivity contribution in [3.8, 4) is 0 Å². The van der Waals surface area contributed by atoms with Crippen LogP contribution in [0, 0.1) is 6.92 Å². The Bertz CT molecular complexity index is 299. The van der Waals surface area contributed by atoms with Gasteiger partial charge in [-0.1, -0.05) is 0 Å². The molecule has 1 aromatic heterocycles. The minimum atomic E-state index is -0.260. The maximum atomic E-state index is 9.36. The van der Waals surface area contributed by atoms with Crippen molar-refractivity contribution in [1.29, 1.82) is 0 Å². The van der Waals surface area contributed by atoms with Gasteiger partial charge in [0.1, 0.15) is 19.2 Å². The summed E-state index contributed by atoms with van der Waals surface area (Å²) in [5.74, 6) is 1.13. The van der Waals surface area contributed by atoms with Gasteiger partial charge in [0.15, 0.2) is 0 Å². The molecule has 0 fully saturated rings. The van der Waals surface area contributed by atoms with E-state index < -0.39 is 0 Å². The molecular formula is C9H13N2O+. The number of aliphatic hydroxyl groups is 1. The number of aromatic nitrogens is 1. The fraction of sp³-hybridized carbons (Fsp3) is 0.444. The first-order valence-corrected chi connectivity index (χ1v) is 4.18. The Morgan fingerprint density at radius 1 is 1.67 bits per heavy atom. The normalized spacial score (nSPS) is 21.3. The predicted octanol–water partition coefficient (Wildman–Crippen LogP) is 0.0689. The van der Waals surface area contributed by atoms with Crippen molar-refractivity contribution in [2.45, 2.75) is 19.6 Å². The van der Waals surface area contributed by atoms with Gasteiger partial charge in [-0.25, -0.2) is 4.57 Å². The van der Waals surface area contributed by atoms with E-state index in [0.29, 0.717) is 13.1 Å². The topological polar surface area (TPSA) is 36.1 Å². The highest BCUT2D eigenvalue weighted by molar-refractivity contribution is 5.38. The van der Waals surface area contributed by atoms with Gasteiger partial charge in [-0.05, 0) is 19.1 Å². The third-order valence-corrected chi connectivity index (χ3v) is 2.19. The summed E-state index contributed by atoms with van der Waals surface area (Å²) in [6.07, 6.45) is 1.72. The zero-order chi connectivity index (χ0) is 8.55. The molecular weight excluding hydrogens is 152 g/mol. The fourth-order valence-corrected chi connectivity index (χ4v) is 1.57. The molecule has 3 heteroatoms. The molecule has 0 saturated heterocycles. The Morgan fingerprint density at radius 3 is 3.33 bits per heavy atom. The Hall–Kier alpha value is -1.09. The lowest BCUT2D eigenvalue weighted by molar-refractivity contribution is -0.693. The van der Waals surface area contributed by atoms with Gasteiger partial charge < -0.3 is 5.11 Å². The van der Waals surface area contributed by atoms with Crippen LogP contribution >= 0.6 is 0 Å². The van der Waals surface area contributed by atoms with Crippen molar-refractivity contribution in [2.75, 3.05) is 11.9 Å². The van der Waals surface area contributed by atoms with Crippen LogP contribution in [0.15, 0.2) is 18.3 Å². The predicted molar refractivity (Wildman–Crippen MR) is 45.9 cm³/mol. The summed E-state index contributed by atoms with van der Waals surface area (Å²) >= 11 is 0. The van der Waals surface area contributed by atoms with Crippen molar-refractivity contribution in [3.63, 3.8) is 0 Å². The Kier molecular flexibility index (Phi) is 1.73. The van der Waals surface area contributed by atoms with Crippen LogP contribution < -0.4 is 9.88 Å². The standard InChI is InChI=1S/C9H12N2O/c1-7-3-2-4-11-6-8(12)5-10-9(7)11/h2-4,8,12H,5-6H2,1H3/p+1/t8-/m1/s1. The van der Waals surface area contributed by atoms with Crippen LogP contribution in [0.4, 0.5) is 5.82 Å². The largest absolute Gasteiger partial charge is 0.385 e. The first kappa shape index (κ1) is 7.55. The van der Waals surface area contributed by atoms with Crippen molar-refractivity contribution < 1.29 is 9.67 Å². The third kappa shape index (κ3) is 1.16. The van der Waals surface area contributed by atoms with E-state index in [0.717, 1.165) is 5.82 Å². The number of hydrogen-bond donors (Lipinski definition) is 2. The molecule has 64 valence electrons. The second kappa shape index (κ2) is 2.75. The summed E-state index contributed by atoms with van der Waals surface area (Å²) in [5.41, 5.74) is 1.23. The Balaban J connectivity index is 2.42. The van der Waals surface area contributed by atoms with Crippen LogP contribution in [0.25, 0.3) is 0 Å². The van der Waals surface area contributed by atoms with E-state index in [4.69, 9.17) is 0 Å². The van der Waals surface area contributed by atoms with Crippen molar-refractivity contribution in [1.82, 2.24) is 0 Å². The number of nitrogens with one attached hydrogen (secondary N) is 1. The smallest absolute Gasteiger partial charge is 0.277 e. The average molecular weight is 165 g/mol. The lowest BCUT2D eigenvalue weighted by atomic mass is 10.2. The number of aryl methyl sites for hydroxylation is 1. The first-order valence-electron chi connectivity index (χ1n) is 4.18. The van der Waals surface area contributed by atoms with Crippen LogP contribution in [-0.2, 0) is 6.54 Å². The second-order valence-electron chi connectivity index (χ2n) is 3.23. The van der Waals surface area contributed by atoms with Gasteiger partial charge in [0, 0.05) is 5.56 Å². The van der Waals surface area contributed by atoms with Crippen LogP contribution in [0.1, 0.15) is 5.56 Å². The minimum Gasteiger partial charge on any atom is -0.385 e. The van der Waals surface area contributed by atoms with E-state index in [1.54, 1.807) is 0 Å². The van der Waals surface area contributed by atoms with E-state index in [-0.39, 0.29) is 6.10 Å². The van der Waals surface area contributed by atoms with Gasteiger partial charge in [-0.15, -0.1) is 0 Å². The number of hydrogen-bond acceptors (Lipinski definition) is 2. The van der Waals surface area contributed by atoms with Crippen molar-refractivity contribution >= 4 is 5.82 Å². The maximum absolute atomic E-state index is 9.36. The quantitative estimate of drug-likeness (QED) is 0.534. The Morgan fingerprint density at radius 2 is 2.50 bits per heavy atom. The monoisotopic (exact) mass is 165 g/mol. The van der Waals surface area contributed by atoms with Gasteiger partial charge in [0.25, 0.3) is 5.82 Å². The van der Waals surface area contributed by atoms with Crippen LogP contribution in [-0.4, -0.2) is 17.8 Å². The lowest BCUT2D eigenvalue weighted by Gasteiger charge is -2.17. The molecule has 3 nitrogen and oxygen atoms in total. The summed E-state index contributed by atoms with van der Waals surface area (Å²) in [4.78, 5) is 0. The second-order valence-corrected chi connectivity index (χ2v) is 3.23. The summed E-state index contributed by atoms with van der Waals surface area (Å²) in [7, 11) is 0. The first-order chi connectivity index (χ1) is 5.77. The zero-order valence-electron chi connectivity index (χ0n) is 7.12. The van der Waals surface area contributed by atoms with E-state index >= 15 is 0 Å².